The molecule has 1 fully saturated rings. The molecule has 0 unspecified atom stereocenters. The first kappa shape index (κ1) is 27.4. The zero-order valence-corrected chi connectivity index (χ0v) is 21.5. The highest BCUT2D eigenvalue weighted by Gasteiger charge is 2.58. The molecule has 1 heterocycles. The third kappa shape index (κ3) is 5.47. The van der Waals surface area contributed by atoms with Gasteiger partial charge in [0.1, 0.15) is 16.3 Å². The first-order valence-corrected chi connectivity index (χ1v) is 12.0. The maximum atomic E-state index is 13.0. The predicted octanol–water partition coefficient (Wildman–Crippen LogP) is 4.28. The molecule has 1 aromatic carbocycles. The topological polar surface area (TPSA) is 146 Å². The van der Waals surface area contributed by atoms with E-state index in [1.807, 2.05) is 0 Å². The molecule has 9 nitrogen and oxygen atoms in total. The smallest absolute Gasteiger partial charge is 0.326 e. The molecule has 11 heteroatoms. The Morgan fingerprint density at radius 3 is 2.22 bits per heavy atom. The minimum absolute atomic E-state index is 0.00553. The van der Waals surface area contributed by atoms with Gasteiger partial charge >= 0.3 is 11.9 Å². The number of aromatic nitrogens is 1. The monoisotopic (exact) mass is 535 g/mol. The van der Waals surface area contributed by atoms with Crippen molar-refractivity contribution in [1.29, 1.82) is 0 Å². The molecule has 2 amide bonds. The van der Waals surface area contributed by atoms with Crippen molar-refractivity contribution < 1.29 is 29.4 Å². The van der Waals surface area contributed by atoms with Crippen molar-refractivity contribution in [3.05, 3.63) is 57.8 Å². The molecule has 3 atom stereocenters. The number of anilines is 1. The highest BCUT2D eigenvalue weighted by atomic mass is 35.5. The number of pyridine rings is 1. The summed E-state index contributed by atoms with van der Waals surface area (Å²) in [5.74, 6) is -3.77. The van der Waals surface area contributed by atoms with E-state index in [1.165, 1.54) is 12.1 Å². The molecular formula is C25H27Cl2N3O6. The van der Waals surface area contributed by atoms with Crippen molar-refractivity contribution >= 4 is 52.6 Å². The van der Waals surface area contributed by atoms with Gasteiger partial charge < -0.3 is 20.8 Å². The lowest BCUT2D eigenvalue weighted by Crippen LogP contribution is -2.49. The van der Waals surface area contributed by atoms with Crippen LogP contribution in [0.2, 0.25) is 10.3 Å². The van der Waals surface area contributed by atoms with Crippen LogP contribution in [-0.4, -0.2) is 45.0 Å². The van der Waals surface area contributed by atoms with Gasteiger partial charge in [0.2, 0.25) is 5.91 Å². The molecule has 2 aromatic rings. The van der Waals surface area contributed by atoms with E-state index >= 15 is 0 Å². The summed E-state index contributed by atoms with van der Waals surface area (Å²) in [6.07, 6.45) is 0.691. The first-order valence-electron chi connectivity index (χ1n) is 11.2. The van der Waals surface area contributed by atoms with Gasteiger partial charge in [-0.3, -0.25) is 14.4 Å². The van der Waals surface area contributed by atoms with Crippen molar-refractivity contribution in [2.45, 2.75) is 46.1 Å². The molecular weight excluding hydrogens is 509 g/mol. The fraction of sp³-hybridized carbons (Fsp3) is 0.400. The summed E-state index contributed by atoms with van der Waals surface area (Å²) in [5.41, 5.74) is -0.721. The highest BCUT2D eigenvalue weighted by Crippen LogP contribution is 2.56. The van der Waals surface area contributed by atoms with Crippen molar-refractivity contribution in [1.82, 2.24) is 10.3 Å². The number of carboxylic acids is 2. The SMILES string of the molecule is CC1(C)[C@@H](C(=O)N[C@@H](Cc2ccc(NC(=O)c3ccc(Cl)nc3Cl)cc2)C(=O)O)CC[C@@]1(C)C(=O)O. The van der Waals surface area contributed by atoms with Crippen LogP contribution in [0.15, 0.2) is 36.4 Å². The molecule has 0 spiro atoms. The van der Waals surface area contributed by atoms with Crippen LogP contribution in [0.5, 0.6) is 0 Å². The minimum atomic E-state index is -1.21. The normalized spacial score (nSPS) is 21.4. The Hall–Kier alpha value is -3.17. The number of amides is 2. The fourth-order valence-electron chi connectivity index (χ4n) is 4.55. The van der Waals surface area contributed by atoms with Crippen molar-refractivity contribution in [2.75, 3.05) is 5.32 Å². The fourth-order valence-corrected chi connectivity index (χ4v) is 4.98. The minimum Gasteiger partial charge on any atom is -0.481 e. The van der Waals surface area contributed by atoms with Gasteiger partial charge in [-0.15, -0.1) is 0 Å². The van der Waals surface area contributed by atoms with Gasteiger partial charge in [-0.2, -0.15) is 0 Å². The van der Waals surface area contributed by atoms with Gasteiger partial charge in [-0.1, -0.05) is 49.2 Å². The molecule has 0 saturated heterocycles. The second kappa shape index (κ2) is 10.4. The third-order valence-corrected chi connectivity index (χ3v) is 7.84. The van der Waals surface area contributed by atoms with Crippen molar-refractivity contribution in [3.63, 3.8) is 0 Å². The average Bonchev–Trinajstić information content (AvgIpc) is 3.04. The first-order chi connectivity index (χ1) is 16.8. The number of aliphatic carboxylic acids is 2. The second-order valence-electron chi connectivity index (χ2n) is 9.68. The van der Waals surface area contributed by atoms with Crippen LogP contribution in [-0.2, 0) is 20.8 Å². The molecule has 0 radical (unpaired) electrons. The van der Waals surface area contributed by atoms with E-state index in [9.17, 15) is 29.4 Å². The standard InChI is InChI=1S/C25H27Cl2N3O6/c1-24(2)16(10-11-25(24,3)23(35)36)21(32)29-17(22(33)34)12-13-4-6-14(7-5-13)28-20(31)15-8-9-18(26)30-19(15)27/h4-9,16-17H,10-12H2,1-3H3,(H,28,31)(H,29,32)(H,33,34)(H,35,36)/t16-,17+,25+/m1/s1. The van der Waals surface area contributed by atoms with Crippen LogP contribution >= 0.6 is 23.2 Å². The maximum Gasteiger partial charge on any atom is 0.326 e. The number of carbonyl (C=O) groups is 4. The van der Waals surface area contributed by atoms with Gasteiger partial charge in [0.15, 0.2) is 0 Å². The summed E-state index contributed by atoms with van der Waals surface area (Å²) in [4.78, 5) is 53.0. The van der Waals surface area contributed by atoms with E-state index in [1.54, 1.807) is 45.0 Å². The molecule has 192 valence electrons. The Bertz CT molecular complexity index is 1200. The Morgan fingerprint density at radius 1 is 1.06 bits per heavy atom. The second-order valence-corrected chi connectivity index (χ2v) is 10.4. The Labute approximate surface area is 218 Å². The van der Waals surface area contributed by atoms with Gasteiger partial charge in [0.05, 0.1) is 11.0 Å². The van der Waals surface area contributed by atoms with E-state index in [2.05, 4.69) is 15.6 Å². The lowest BCUT2D eigenvalue weighted by Gasteiger charge is -2.38. The number of carbonyl (C=O) groups excluding carboxylic acids is 2. The largest absolute Gasteiger partial charge is 0.481 e. The van der Waals surface area contributed by atoms with Crippen LogP contribution in [0.3, 0.4) is 0 Å². The lowest BCUT2D eigenvalue weighted by atomic mass is 9.65. The van der Waals surface area contributed by atoms with E-state index in [0.29, 0.717) is 24.1 Å². The van der Waals surface area contributed by atoms with Gasteiger partial charge in [-0.25, -0.2) is 9.78 Å². The zero-order chi connectivity index (χ0) is 26.8. The van der Waals surface area contributed by atoms with E-state index in [4.69, 9.17) is 23.2 Å². The summed E-state index contributed by atoms with van der Waals surface area (Å²) >= 11 is 11.7. The molecule has 36 heavy (non-hydrogen) atoms. The number of benzene rings is 1. The molecule has 0 aliphatic heterocycles. The quantitative estimate of drug-likeness (QED) is 0.369. The molecule has 1 saturated carbocycles. The molecule has 3 rings (SSSR count). The summed E-state index contributed by atoms with van der Waals surface area (Å²) < 4.78 is 0. The number of halogens is 2. The van der Waals surface area contributed by atoms with Crippen molar-refractivity contribution in [3.8, 4) is 0 Å². The van der Waals surface area contributed by atoms with Crippen LogP contribution < -0.4 is 10.6 Å². The summed E-state index contributed by atoms with van der Waals surface area (Å²) in [6, 6.07) is 8.17. The van der Waals surface area contributed by atoms with E-state index in [0.717, 1.165) is 0 Å². The molecule has 1 aliphatic rings. The van der Waals surface area contributed by atoms with E-state index in [-0.39, 0.29) is 22.3 Å². The number of carboxylic acid groups (broad SMARTS) is 2. The van der Waals surface area contributed by atoms with Crippen molar-refractivity contribution in [2.24, 2.45) is 16.7 Å². The van der Waals surface area contributed by atoms with Gasteiger partial charge in [0.25, 0.3) is 5.91 Å². The van der Waals surface area contributed by atoms with Crippen LogP contribution in [0, 0.1) is 16.7 Å². The summed E-state index contributed by atoms with van der Waals surface area (Å²) in [7, 11) is 0. The van der Waals surface area contributed by atoms with Gasteiger partial charge in [-0.05, 0) is 55.0 Å². The predicted molar refractivity (Wildman–Crippen MR) is 134 cm³/mol. The Morgan fingerprint density at radius 2 is 1.69 bits per heavy atom. The number of nitrogens with zero attached hydrogens (tertiary/aromatic N) is 1. The highest BCUT2D eigenvalue weighted by molar-refractivity contribution is 6.35. The van der Waals surface area contributed by atoms with E-state index < -0.39 is 46.5 Å². The molecule has 4 N–H and O–H groups in total. The molecule has 1 aromatic heterocycles. The average molecular weight is 536 g/mol. The Kier molecular flexibility index (Phi) is 7.95. The Balaban J connectivity index is 1.66. The summed E-state index contributed by atoms with van der Waals surface area (Å²) in [5, 5.41) is 24.8. The van der Waals surface area contributed by atoms with Gasteiger partial charge in [0, 0.05) is 18.0 Å². The molecule has 0 bridgehead atoms. The molecule has 1 aliphatic carbocycles. The number of nitrogens with one attached hydrogen (secondary N) is 2. The summed E-state index contributed by atoms with van der Waals surface area (Å²) in [6.45, 7) is 5.08. The number of hydrogen-bond acceptors (Lipinski definition) is 5. The number of rotatable bonds is 8. The zero-order valence-electron chi connectivity index (χ0n) is 20.0. The number of hydrogen-bond donors (Lipinski definition) is 4. The van der Waals surface area contributed by atoms with Crippen LogP contribution in [0.4, 0.5) is 5.69 Å². The third-order valence-electron chi connectivity index (χ3n) is 7.34. The van der Waals surface area contributed by atoms with Crippen LogP contribution in [0.1, 0.15) is 49.5 Å². The lowest BCUT2D eigenvalue weighted by molar-refractivity contribution is -0.155. The van der Waals surface area contributed by atoms with Crippen LogP contribution in [0.25, 0.3) is 0 Å². The maximum absolute atomic E-state index is 13.0.